The Morgan fingerprint density at radius 3 is 2.67 bits per heavy atom. The fourth-order valence-electron chi connectivity index (χ4n) is 1.83. The van der Waals surface area contributed by atoms with Crippen LogP contribution in [-0.2, 0) is 7.05 Å². The molecule has 3 nitrogen and oxygen atoms in total. The molecule has 1 aromatic rings. The van der Waals surface area contributed by atoms with E-state index in [1.807, 2.05) is 13.1 Å². The Morgan fingerprint density at radius 1 is 1.44 bits per heavy atom. The third-order valence-electron chi connectivity index (χ3n) is 2.72. The lowest BCUT2D eigenvalue weighted by Gasteiger charge is -2.17. The van der Waals surface area contributed by atoms with Crippen molar-refractivity contribution in [2.24, 2.45) is 7.05 Å². The van der Waals surface area contributed by atoms with Gasteiger partial charge in [-0.3, -0.25) is 4.68 Å². The molecular formula is C12H20F3N3. The first-order valence-electron chi connectivity index (χ1n) is 6.21. The summed E-state index contributed by atoms with van der Waals surface area (Å²) in [5.74, 6) is 0. The number of halogens is 3. The second kappa shape index (κ2) is 6.78. The summed E-state index contributed by atoms with van der Waals surface area (Å²) in [4.78, 5) is 0. The van der Waals surface area contributed by atoms with E-state index >= 15 is 0 Å². The molecule has 1 N–H and O–H groups in total. The molecule has 1 unspecified atom stereocenters. The lowest BCUT2D eigenvalue weighted by molar-refractivity contribution is -0.135. The number of rotatable bonds is 7. The molecule has 0 aliphatic rings. The van der Waals surface area contributed by atoms with Gasteiger partial charge in [0, 0.05) is 31.3 Å². The number of alkyl halides is 3. The van der Waals surface area contributed by atoms with Gasteiger partial charge in [0.2, 0.25) is 0 Å². The highest BCUT2D eigenvalue weighted by Gasteiger charge is 2.27. The average Bonchev–Trinajstić information content (AvgIpc) is 2.68. The minimum atomic E-state index is -4.07. The van der Waals surface area contributed by atoms with Gasteiger partial charge >= 0.3 is 6.18 Å². The summed E-state index contributed by atoms with van der Waals surface area (Å²) in [7, 11) is 1.80. The van der Waals surface area contributed by atoms with Gasteiger partial charge in [0.1, 0.15) is 0 Å². The van der Waals surface area contributed by atoms with Crippen LogP contribution in [0.3, 0.4) is 0 Å². The maximum atomic E-state index is 12.1. The summed E-state index contributed by atoms with van der Waals surface area (Å²) >= 11 is 0. The first kappa shape index (κ1) is 15.0. The quantitative estimate of drug-likeness (QED) is 0.818. The highest BCUT2D eigenvalue weighted by Crippen LogP contribution is 2.26. The molecule has 18 heavy (non-hydrogen) atoms. The van der Waals surface area contributed by atoms with Crippen LogP contribution in [-0.4, -0.2) is 22.5 Å². The fourth-order valence-corrected chi connectivity index (χ4v) is 1.83. The van der Waals surface area contributed by atoms with Crippen molar-refractivity contribution in [3.8, 4) is 0 Å². The zero-order valence-corrected chi connectivity index (χ0v) is 10.8. The predicted molar refractivity (Wildman–Crippen MR) is 64.1 cm³/mol. The second-order valence-corrected chi connectivity index (χ2v) is 4.46. The minimum Gasteiger partial charge on any atom is -0.310 e. The summed E-state index contributed by atoms with van der Waals surface area (Å²) in [5.41, 5.74) is 0.952. The number of hydrogen-bond donors (Lipinski definition) is 1. The van der Waals surface area contributed by atoms with Crippen LogP contribution >= 0.6 is 0 Å². The maximum absolute atomic E-state index is 12.1. The highest BCUT2D eigenvalue weighted by atomic mass is 19.4. The van der Waals surface area contributed by atoms with E-state index in [4.69, 9.17) is 0 Å². The van der Waals surface area contributed by atoms with Crippen LogP contribution in [0, 0.1) is 0 Å². The van der Waals surface area contributed by atoms with Crippen LogP contribution in [0.25, 0.3) is 0 Å². The van der Waals surface area contributed by atoms with Crippen molar-refractivity contribution >= 4 is 0 Å². The second-order valence-electron chi connectivity index (χ2n) is 4.46. The van der Waals surface area contributed by atoms with Crippen LogP contribution < -0.4 is 5.32 Å². The van der Waals surface area contributed by atoms with E-state index < -0.39 is 12.6 Å². The van der Waals surface area contributed by atoms with Gasteiger partial charge in [-0.1, -0.05) is 6.92 Å². The number of aromatic nitrogens is 2. The van der Waals surface area contributed by atoms with E-state index in [0.717, 1.165) is 18.5 Å². The first-order valence-corrected chi connectivity index (χ1v) is 6.21. The van der Waals surface area contributed by atoms with Crippen LogP contribution in [0.2, 0.25) is 0 Å². The van der Waals surface area contributed by atoms with E-state index in [9.17, 15) is 13.2 Å². The molecule has 0 fully saturated rings. The molecule has 0 aliphatic carbocycles. The lowest BCUT2D eigenvalue weighted by atomic mass is 10.0. The Hall–Kier alpha value is -1.04. The van der Waals surface area contributed by atoms with E-state index in [1.54, 1.807) is 17.9 Å². The number of aryl methyl sites for hydroxylation is 1. The number of nitrogens with one attached hydrogen (secondary N) is 1. The Morgan fingerprint density at radius 2 is 2.17 bits per heavy atom. The molecule has 0 aromatic carbocycles. The van der Waals surface area contributed by atoms with Gasteiger partial charge < -0.3 is 5.32 Å². The van der Waals surface area contributed by atoms with Crippen molar-refractivity contribution in [1.82, 2.24) is 15.1 Å². The zero-order chi connectivity index (χ0) is 13.6. The van der Waals surface area contributed by atoms with Gasteiger partial charge in [-0.05, 0) is 25.8 Å². The predicted octanol–water partition coefficient (Wildman–Crippen LogP) is 3.19. The molecule has 0 aliphatic heterocycles. The number of nitrogens with zero attached hydrogens (tertiary/aromatic N) is 2. The third kappa shape index (κ3) is 5.53. The molecule has 1 heterocycles. The van der Waals surface area contributed by atoms with E-state index in [0.29, 0.717) is 6.42 Å². The van der Waals surface area contributed by atoms with Crippen molar-refractivity contribution in [1.29, 1.82) is 0 Å². The molecule has 6 heteroatoms. The normalized spacial score (nSPS) is 13.8. The molecule has 1 aromatic heterocycles. The third-order valence-corrected chi connectivity index (χ3v) is 2.72. The van der Waals surface area contributed by atoms with Crippen molar-refractivity contribution in [2.75, 3.05) is 6.54 Å². The largest absolute Gasteiger partial charge is 0.389 e. The van der Waals surface area contributed by atoms with Crippen LogP contribution in [0.15, 0.2) is 12.4 Å². The minimum absolute atomic E-state index is 0.0407. The molecule has 0 spiro atoms. The topological polar surface area (TPSA) is 29.9 Å². The Bertz CT molecular complexity index is 347. The van der Waals surface area contributed by atoms with Gasteiger partial charge in [-0.15, -0.1) is 0 Å². The van der Waals surface area contributed by atoms with Gasteiger partial charge in [-0.2, -0.15) is 18.3 Å². The van der Waals surface area contributed by atoms with E-state index in [-0.39, 0.29) is 12.5 Å². The molecule has 1 rings (SSSR count). The van der Waals surface area contributed by atoms with Gasteiger partial charge in [-0.25, -0.2) is 0 Å². The van der Waals surface area contributed by atoms with Gasteiger partial charge in [0.25, 0.3) is 0 Å². The number of hydrogen-bond acceptors (Lipinski definition) is 2. The zero-order valence-electron chi connectivity index (χ0n) is 10.8. The van der Waals surface area contributed by atoms with Crippen LogP contribution in [0.1, 0.15) is 44.2 Å². The monoisotopic (exact) mass is 263 g/mol. The summed E-state index contributed by atoms with van der Waals surface area (Å²) < 4.78 is 38.0. The molecular weight excluding hydrogens is 243 g/mol. The summed E-state index contributed by atoms with van der Waals surface area (Å²) in [5, 5.41) is 7.32. The van der Waals surface area contributed by atoms with Crippen molar-refractivity contribution < 1.29 is 13.2 Å². The Labute approximate surface area is 105 Å². The summed E-state index contributed by atoms with van der Waals surface area (Å²) in [6.07, 6.45) is 0.338. The first-order chi connectivity index (χ1) is 8.42. The average molecular weight is 263 g/mol. The van der Waals surface area contributed by atoms with Crippen molar-refractivity contribution in [2.45, 2.75) is 44.8 Å². The lowest BCUT2D eigenvalue weighted by Crippen LogP contribution is -2.22. The van der Waals surface area contributed by atoms with Crippen molar-refractivity contribution in [3.63, 3.8) is 0 Å². The molecule has 0 bridgehead atoms. The Kier molecular flexibility index (Phi) is 5.65. The smallest absolute Gasteiger partial charge is 0.310 e. The molecule has 1 atom stereocenters. The SMILES string of the molecule is CCCNC(CCCC(F)(F)F)c1cnn(C)c1. The molecule has 0 radical (unpaired) electrons. The van der Waals surface area contributed by atoms with Gasteiger partial charge in [0.15, 0.2) is 0 Å². The summed E-state index contributed by atoms with van der Waals surface area (Å²) in [6, 6.07) is -0.0407. The van der Waals surface area contributed by atoms with E-state index in [2.05, 4.69) is 10.4 Å². The van der Waals surface area contributed by atoms with Crippen LogP contribution in [0.5, 0.6) is 0 Å². The van der Waals surface area contributed by atoms with Crippen molar-refractivity contribution in [3.05, 3.63) is 18.0 Å². The standard InChI is InChI=1S/C12H20F3N3/c1-3-7-16-11(5-4-6-12(13,14)15)10-8-17-18(2)9-10/h8-9,11,16H,3-7H2,1-2H3. The van der Waals surface area contributed by atoms with Gasteiger partial charge in [0.05, 0.1) is 6.20 Å². The molecule has 0 saturated heterocycles. The maximum Gasteiger partial charge on any atom is 0.389 e. The van der Waals surface area contributed by atoms with Crippen LogP contribution in [0.4, 0.5) is 13.2 Å². The fraction of sp³-hybridized carbons (Fsp3) is 0.750. The summed E-state index contributed by atoms with van der Waals surface area (Å²) in [6.45, 7) is 2.83. The highest BCUT2D eigenvalue weighted by molar-refractivity contribution is 5.10. The molecule has 0 amide bonds. The molecule has 104 valence electrons. The van der Waals surface area contributed by atoms with E-state index in [1.165, 1.54) is 0 Å². The molecule has 0 saturated carbocycles. The Balaban J connectivity index is 2.51.